The van der Waals surface area contributed by atoms with Crippen LogP contribution in [0.4, 0.5) is 4.39 Å². The Balaban J connectivity index is 1.44. The normalized spacial score (nSPS) is 11.3. The zero-order valence-electron chi connectivity index (χ0n) is 17.5. The highest BCUT2D eigenvalue weighted by molar-refractivity contribution is 7.98. The summed E-state index contributed by atoms with van der Waals surface area (Å²) < 4.78 is 16.1. The molecule has 6 nitrogen and oxygen atoms in total. The molecule has 0 aliphatic rings. The van der Waals surface area contributed by atoms with Crippen molar-refractivity contribution in [2.24, 2.45) is 0 Å². The molecular formula is C23H18FN5OS3. The van der Waals surface area contributed by atoms with Crippen LogP contribution in [0, 0.1) is 12.7 Å². The number of fused-ring (bicyclic) bond motifs is 1. The Labute approximate surface area is 200 Å². The average molecular weight is 496 g/mol. The van der Waals surface area contributed by atoms with E-state index in [0.717, 1.165) is 10.4 Å². The molecule has 4 aromatic heterocycles. The highest BCUT2D eigenvalue weighted by Gasteiger charge is 2.18. The van der Waals surface area contributed by atoms with Gasteiger partial charge in [-0.3, -0.25) is 9.36 Å². The minimum absolute atomic E-state index is 0.155. The number of thioether (sulfide) groups is 1. The van der Waals surface area contributed by atoms with Crippen molar-refractivity contribution in [2.45, 2.75) is 24.4 Å². The summed E-state index contributed by atoms with van der Waals surface area (Å²) in [6, 6.07) is 10.5. The number of H-pyrrole nitrogens is 1. The fraction of sp³-hybridized carbons (Fsp3) is 0.130. The van der Waals surface area contributed by atoms with E-state index in [1.807, 2.05) is 24.4 Å². The highest BCUT2D eigenvalue weighted by atomic mass is 32.2. The van der Waals surface area contributed by atoms with Gasteiger partial charge in [0.05, 0.1) is 16.7 Å². The number of thiophene rings is 2. The summed E-state index contributed by atoms with van der Waals surface area (Å²) >= 11 is 4.50. The van der Waals surface area contributed by atoms with Crippen LogP contribution < -0.4 is 5.56 Å². The van der Waals surface area contributed by atoms with E-state index in [4.69, 9.17) is 0 Å². The van der Waals surface area contributed by atoms with Crippen LogP contribution in [0.3, 0.4) is 0 Å². The molecule has 0 saturated heterocycles. The molecule has 5 aromatic rings. The van der Waals surface area contributed by atoms with E-state index in [1.165, 1.54) is 34.0 Å². The maximum absolute atomic E-state index is 14.3. The van der Waals surface area contributed by atoms with Crippen LogP contribution in [0.1, 0.15) is 10.7 Å². The predicted octanol–water partition coefficient (Wildman–Crippen LogP) is 5.90. The lowest BCUT2D eigenvalue weighted by Crippen LogP contribution is -2.11. The number of rotatable bonds is 7. The molecule has 1 N–H and O–H groups in total. The van der Waals surface area contributed by atoms with Crippen molar-refractivity contribution < 1.29 is 4.39 Å². The van der Waals surface area contributed by atoms with Crippen LogP contribution in [0.25, 0.3) is 32.0 Å². The number of nitrogens with zero attached hydrogens (tertiary/aromatic N) is 4. The number of hydrogen-bond donors (Lipinski definition) is 1. The fourth-order valence-corrected chi connectivity index (χ4v) is 6.23. The van der Waals surface area contributed by atoms with Gasteiger partial charge in [0.2, 0.25) is 0 Å². The smallest absolute Gasteiger partial charge is 0.260 e. The Hall–Kier alpha value is -3.08. The van der Waals surface area contributed by atoms with Gasteiger partial charge in [-0.2, -0.15) is 0 Å². The van der Waals surface area contributed by atoms with Gasteiger partial charge in [0.25, 0.3) is 5.56 Å². The summed E-state index contributed by atoms with van der Waals surface area (Å²) in [5.74, 6) is 1.01. The van der Waals surface area contributed by atoms with E-state index < -0.39 is 0 Å². The van der Waals surface area contributed by atoms with Crippen molar-refractivity contribution in [2.75, 3.05) is 0 Å². The fourth-order valence-electron chi connectivity index (χ4n) is 3.49. The maximum atomic E-state index is 14.3. The Bertz CT molecular complexity index is 1530. The van der Waals surface area contributed by atoms with Crippen LogP contribution in [0.2, 0.25) is 0 Å². The monoisotopic (exact) mass is 495 g/mol. The zero-order chi connectivity index (χ0) is 22.9. The van der Waals surface area contributed by atoms with Crippen LogP contribution in [0.15, 0.2) is 64.4 Å². The van der Waals surface area contributed by atoms with Crippen molar-refractivity contribution in [1.82, 2.24) is 24.7 Å². The molecule has 0 radical (unpaired) electrons. The Morgan fingerprint density at radius 2 is 2.06 bits per heavy atom. The minimum atomic E-state index is -0.363. The van der Waals surface area contributed by atoms with Crippen molar-refractivity contribution in [3.05, 3.63) is 81.3 Å². The van der Waals surface area contributed by atoms with Gasteiger partial charge in [0.1, 0.15) is 16.5 Å². The molecule has 0 atom stereocenters. The first kappa shape index (κ1) is 21.7. The number of aryl methyl sites for hydroxylation is 1. The van der Waals surface area contributed by atoms with Gasteiger partial charge in [-0.15, -0.1) is 39.4 Å². The molecule has 4 heterocycles. The predicted molar refractivity (Wildman–Crippen MR) is 133 cm³/mol. The third-order valence-electron chi connectivity index (χ3n) is 4.98. The SMILES string of the molecule is C=CCn1c(SCc2nc3scc(-c4ccc(C)s4)c3c(=O)[nH]2)nnc1-c1ccccc1F. The molecular weight excluding hydrogens is 477 g/mol. The molecule has 0 aliphatic carbocycles. The molecule has 0 bridgehead atoms. The lowest BCUT2D eigenvalue weighted by molar-refractivity contribution is 0.626. The summed E-state index contributed by atoms with van der Waals surface area (Å²) in [5, 5.41) is 11.6. The third-order valence-corrected chi connectivity index (χ3v) is 7.86. The number of allylic oxidation sites excluding steroid dienone is 1. The number of aromatic amines is 1. The second-order valence-electron chi connectivity index (χ2n) is 7.23. The van der Waals surface area contributed by atoms with Crippen molar-refractivity contribution in [1.29, 1.82) is 0 Å². The number of halogens is 1. The summed E-state index contributed by atoms with van der Waals surface area (Å²) in [7, 11) is 0. The number of nitrogens with one attached hydrogen (secondary N) is 1. The number of hydrogen-bond acceptors (Lipinski definition) is 7. The number of aromatic nitrogens is 5. The van der Waals surface area contributed by atoms with Crippen molar-refractivity contribution >= 4 is 44.7 Å². The van der Waals surface area contributed by atoms with E-state index in [0.29, 0.717) is 44.9 Å². The maximum Gasteiger partial charge on any atom is 0.260 e. The van der Waals surface area contributed by atoms with Crippen molar-refractivity contribution in [3.63, 3.8) is 0 Å². The molecule has 1 aromatic carbocycles. The second-order valence-corrected chi connectivity index (χ2v) is 10.3. The summed E-state index contributed by atoms with van der Waals surface area (Å²) in [6.45, 7) is 6.26. The first-order chi connectivity index (χ1) is 16.0. The molecule has 0 amide bonds. The molecule has 0 aliphatic heterocycles. The van der Waals surface area contributed by atoms with Crippen molar-refractivity contribution in [3.8, 4) is 21.8 Å². The quantitative estimate of drug-likeness (QED) is 0.225. The van der Waals surface area contributed by atoms with Gasteiger partial charge in [-0.1, -0.05) is 30.0 Å². The van der Waals surface area contributed by atoms with E-state index in [-0.39, 0.29) is 11.4 Å². The molecule has 10 heteroatoms. The van der Waals surface area contributed by atoms with Crippen LogP contribution >= 0.6 is 34.4 Å². The first-order valence-electron chi connectivity index (χ1n) is 10.0. The topological polar surface area (TPSA) is 76.5 Å². The van der Waals surface area contributed by atoms with Gasteiger partial charge in [0.15, 0.2) is 11.0 Å². The molecule has 5 rings (SSSR count). The first-order valence-corrected chi connectivity index (χ1v) is 12.7. The molecule has 0 saturated carbocycles. The Kier molecular flexibility index (Phi) is 5.96. The van der Waals surface area contributed by atoms with Crippen LogP contribution in [0.5, 0.6) is 0 Å². The van der Waals surface area contributed by atoms with Gasteiger partial charge in [-0.05, 0) is 31.2 Å². The largest absolute Gasteiger partial charge is 0.309 e. The lowest BCUT2D eigenvalue weighted by atomic mass is 10.2. The summed E-state index contributed by atoms with van der Waals surface area (Å²) in [4.78, 5) is 23.4. The van der Waals surface area contributed by atoms with E-state index >= 15 is 0 Å². The van der Waals surface area contributed by atoms with Gasteiger partial charge < -0.3 is 4.98 Å². The highest BCUT2D eigenvalue weighted by Crippen LogP contribution is 2.35. The third kappa shape index (κ3) is 4.17. The Morgan fingerprint density at radius 1 is 1.21 bits per heavy atom. The van der Waals surface area contributed by atoms with Crippen LogP contribution in [-0.4, -0.2) is 24.7 Å². The van der Waals surface area contributed by atoms with Gasteiger partial charge in [-0.25, -0.2) is 9.37 Å². The molecule has 0 unspecified atom stereocenters. The average Bonchev–Trinajstić information content (AvgIpc) is 3.52. The van der Waals surface area contributed by atoms with E-state index in [1.54, 1.807) is 40.2 Å². The van der Waals surface area contributed by atoms with Gasteiger partial charge >= 0.3 is 0 Å². The molecule has 0 fully saturated rings. The molecule has 0 spiro atoms. The lowest BCUT2D eigenvalue weighted by Gasteiger charge is -2.08. The van der Waals surface area contributed by atoms with Gasteiger partial charge in [0, 0.05) is 27.2 Å². The minimum Gasteiger partial charge on any atom is -0.309 e. The van der Waals surface area contributed by atoms with Crippen LogP contribution in [-0.2, 0) is 12.3 Å². The van der Waals surface area contributed by atoms with E-state index in [9.17, 15) is 9.18 Å². The second kappa shape index (κ2) is 9.05. The molecule has 166 valence electrons. The zero-order valence-corrected chi connectivity index (χ0v) is 20.0. The Morgan fingerprint density at radius 3 is 2.82 bits per heavy atom. The summed E-state index contributed by atoms with van der Waals surface area (Å²) in [5.41, 5.74) is 1.14. The molecule has 33 heavy (non-hydrogen) atoms. The number of benzene rings is 1. The van der Waals surface area contributed by atoms with E-state index in [2.05, 4.69) is 26.7 Å². The standard InChI is InChI=1S/C23H18FN5OS3/c1-3-10-29-20(14-6-4-5-7-16(14)24)27-28-23(29)32-12-18-25-21(30)19-15(11-31-22(19)26-18)17-9-8-13(2)33-17/h3-9,11H,1,10,12H2,2H3,(H,25,26,30). The summed E-state index contributed by atoms with van der Waals surface area (Å²) in [6.07, 6.45) is 1.71.